The molecule has 36 heavy (non-hydrogen) atoms. The molecule has 0 spiro atoms. The number of halogens is 1. The number of amides is 1. The van der Waals surface area contributed by atoms with Crippen LogP contribution in [-0.4, -0.2) is 75.0 Å². The minimum Gasteiger partial charge on any atom is -0.308 e. The van der Waals surface area contributed by atoms with Gasteiger partial charge in [-0.1, -0.05) is 24.2 Å². The third-order valence-corrected chi connectivity index (χ3v) is 9.81. The largest absolute Gasteiger partial charge is 0.308 e. The van der Waals surface area contributed by atoms with E-state index in [1.165, 1.54) is 11.3 Å². The molecule has 196 valence electrons. The molecule has 2 heterocycles. The zero-order valence-electron chi connectivity index (χ0n) is 20.8. The van der Waals surface area contributed by atoms with Crippen LogP contribution in [-0.2, 0) is 10.0 Å². The van der Waals surface area contributed by atoms with Gasteiger partial charge in [0.15, 0.2) is 5.13 Å². The fraction of sp³-hybridized carbons (Fsp3) is 0.440. The van der Waals surface area contributed by atoms with Gasteiger partial charge in [0.05, 0.1) is 15.1 Å². The third-order valence-electron chi connectivity index (χ3n) is 6.14. The Labute approximate surface area is 228 Å². The molecular weight excluding hydrogens is 536 g/mol. The minimum absolute atomic E-state index is 0. The molecule has 2 aromatic carbocycles. The maximum Gasteiger partial charge on any atom is 0.260 e. The second kappa shape index (κ2) is 12.7. The third kappa shape index (κ3) is 6.59. The Balaban J connectivity index is 0.00000361. The predicted octanol–water partition coefficient (Wildman–Crippen LogP) is 5.21. The van der Waals surface area contributed by atoms with E-state index < -0.39 is 10.0 Å². The fourth-order valence-electron chi connectivity index (χ4n) is 4.08. The van der Waals surface area contributed by atoms with Crippen molar-refractivity contribution in [1.29, 1.82) is 0 Å². The van der Waals surface area contributed by atoms with Crippen LogP contribution in [0.4, 0.5) is 5.13 Å². The van der Waals surface area contributed by atoms with Crippen LogP contribution in [0.25, 0.3) is 10.2 Å². The van der Waals surface area contributed by atoms with Gasteiger partial charge in [-0.25, -0.2) is 13.4 Å². The maximum atomic E-state index is 13.6. The lowest BCUT2D eigenvalue weighted by atomic mass is 10.2. The summed E-state index contributed by atoms with van der Waals surface area (Å²) in [7, 11) is 0.377. The maximum absolute atomic E-state index is 13.6. The van der Waals surface area contributed by atoms with Gasteiger partial charge in [0, 0.05) is 36.6 Å². The molecule has 0 N–H and O–H groups in total. The molecule has 1 aliphatic heterocycles. The van der Waals surface area contributed by atoms with Crippen molar-refractivity contribution >= 4 is 66.8 Å². The van der Waals surface area contributed by atoms with Crippen LogP contribution in [0.1, 0.15) is 36.0 Å². The van der Waals surface area contributed by atoms with Gasteiger partial charge in [-0.3, -0.25) is 9.69 Å². The highest BCUT2D eigenvalue weighted by Gasteiger charge is 2.26. The SMILES string of the molecule is CSc1ccc2nc(N(CCN(C)C)C(=O)c3ccc(S(=O)(=O)N4CCCCCC4)cc3)sc2c1.Cl. The summed E-state index contributed by atoms with van der Waals surface area (Å²) in [6.07, 6.45) is 5.93. The molecule has 1 amide bonds. The number of nitrogens with zero attached hydrogens (tertiary/aromatic N) is 4. The number of sulfonamides is 1. The zero-order valence-corrected chi connectivity index (χ0v) is 24.1. The van der Waals surface area contributed by atoms with E-state index in [4.69, 9.17) is 4.98 Å². The number of hydrogen-bond donors (Lipinski definition) is 0. The van der Waals surface area contributed by atoms with Gasteiger partial charge >= 0.3 is 0 Å². The number of thiazole rings is 1. The molecule has 0 unspecified atom stereocenters. The van der Waals surface area contributed by atoms with Crippen molar-refractivity contribution in [2.45, 2.75) is 35.5 Å². The lowest BCUT2D eigenvalue weighted by molar-refractivity contribution is 0.0985. The fourth-order valence-corrected chi connectivity index (χ4v) is 7.14. The molecule has 0 aliphatic carbocycles. The van der Waals surface area contributed by atoms with E-state index in [1.807, 2.05) is 37.4 Å². The van der Waals surface area contributed by atoms with Crippen molar-refractivity contribution in [3.63, 3.8) is 0 Å². The van der Waals surface area contributed by atoms with Crippen molar-refractivity contribution in [3.05, 3.63) is 48.0 Å². The lowest BCUT2D eigenvalue weighted by Crippen LogP contribution is -2.36. The number of aromatic nitrogens is 1. The van der Waals surface area contributed by atoms with Gasteiger partial charge in [0.2, 0.25) is 10.0 Å². The monoisotopic (exact) mass is 568 g/mol. The number of anilines is 1. The molecule has 4 rings (SSSR count). The first-order valence-corrected chi connectivity index (χ1v) is 15.3. The summed E-state index contributed by atoms with van der Waals surface area (Å²) >= 11 is 3.17. The van der Waals surface area contributed by atoms with E-state index in [-0.39, 0.29) is 23.2 Å². The smallest absolute Gasteiger partial charge is 0.260 e. The summed E-state index contributed by atoms with van der Waals surface area (Å²) in [4.78, 5) is 23.4. The summed E-state index contributed by atoms with van der Waals surface area (Å²) in [5.74, 6) is -0.185. The van der Waals surface area contributed by atoms with Crippen molar-refractivity contribution in [1.82, 2.24) is 14.2 Å². The molecule has 0 radical (unpaired) electrons. The van der Waals surface area contributed by atoms with Gasteiger partial charge in [0.1, 0.15) is 0 Å². The van der Waals surface area contributed by atoms with Gasteiger partial charge in [-0.05, 0) is 75.7 Å². The Morgan fingerprint density at radius 1 is 1.03 bits per heavy atom. The van der Waals surface area contributed by atoms with Crippen LogP contribution in [0.3, 0.4) is 0 Å². The van der Waals surface area contributed by atoms with Crippen LogP contribution in [0.15, 0.2) is 52.3 Å². The van der Waals surface area contributed by atoms with Gasteiger partial charge in [-0.2, -0.15) is 4.31 Å². The van der Waals surface area contributed by atoms with Crippen LogP contribution in [0.5, 0.6) is 0 Å². The normalized spacial score (nSPS) is 15.0. The molecule has 0 saturated carbocycles. The zero-order chi connectivity index (χ0) is 25.0. The van der Waals surface area contributed by atoms with Crippen LogP contribution < -0.4 is 4.90 Å². The number of fused-ring (bicyclic) bond motifs is 1. The number of carbonyl (C=O) groups excluding carboxylic acids is 1. The van der Waals surface area contributed by atoms with E-state index >= 15 is 0 Å². The summed E-state index contributed by atoms with van der Waals surface area (Å²) in [5.41, 5.74) is 1.31. The Kier molecular flexibility index (Phi) is 10.2. The van der Waals surface area contributed by atoms with Gasteiger partial charge < -0.3 is 4.90 Å². The molecule has 3 aromatic rings. The highest BCUT2D eigenvalue weighted by Crippen LogP contribution is 2.32. The first kappa shape index (κ1) is 28.9. The highest BCUT2D eigenvalue weighted by molar-refractivity contribution is 7.98. The average Bonchev–Trinajstić information content (AvgIpc) is 3.06. The van der Waals surface area contributed by atoms with Crippen molar-refractivity contribution in [2.75, 3.05) is 51.4 Å². The number of carbonyl (C=O) groups is 1. The van der Waals surface area contributed by atoms with E-state index in [0.29, 0.717) is 36.9 Å². The van der Waals surface area contributed by atoms with Crippen LogP contribution in [0, 0.1) is 0 Å². The Bertz CT molecular complexity index is 1270. The molecule has 1 fully saturated rings. The van der Waals surface area contributed by atoms with Crippen LogP contribution in [0.2, 0.25) is 0 Å². The standard InChI is InChI=1S/C25H32N4O3S3.ClH/c1-27(2)16-17-29(25-26-22-13-10-20(33-3)18-23(22)34-25)24(30)19-8-11-21(12-9-19)35(31,32)28-14-6-4-5-7-15-28;/h8-13,18H,4-7,14-17H2,1-3H3;1H. The Hall–Kier alpha value is -1.69. The Morgan fingerprint density at radius 3 is 2.31 bits per heavy atom. The summed E-state index contributed by atoms with van der Waals surface area (Å²) < 4.78 is 28.9. The summed E-state index contributed by atoms with van der Waals surface area (Å²) in [6.45, 7) is 2.27. The molecule has 11 heteroatoms. The molecule has 1 aromatic heterocycles. The van der Waals surface area contributed by atoms with Gasteiger partial charge in [0.25, 0.3) is 5.91 Å². The van der Waals surface area contributed by atoms with Crippen molar-refractivity contribution < 1.29 is 13.2 Å². The van der Waals surface area contributed by atoms with Crippen LogP contribution >= 0.6 is 35.5 Å². The lowest BCUT2D eigenvalue weighted by Gasteiger charge is -2.22. The van der Waals surface area contributed by atoms with E-state index in [1.54, 1.807) is 45.2 Å². The Morgan fingerprint density at radius 2 is 1.69 bits per heavy atom. The van der Waals surface area contributed by atoms with Gasteiger partial charge in [-0.15, -0.1) is 24.2 Å². The molecule has 0 bridgehead atoms. The van der Waals surface area contributed by atoms with Crippen molar-refractivity contribution in [3.8, 4) is 0 Å². The molecule has 1 saturated heterocycles. The van der Waals surface area contributed by atoms with Crippen molar-refractivity contribution in [2.24, 2.45) is 0 Å². The van der Waals surface area contributed by atoms with E-state index in [0.717, 1.165) is 40.8 Å². The second-order valence-corrected chi connectivity index (χ2v) is 12.8. The first-order valence-electron chi connectivity index (χ1n) is 11.8. The summed E-state index contributed by atoms with van der Waals surface area (Å²) in [5, 5.41) is 0.645. The second-order valence-electron chi connectivity index (χ2n) is 8.93. The molecule has 7 nitrogen and oxygen atoms in total. The quantitative estimate of drug-likeness (QED) is 0.347. The predicted molar refractivity (Wildman–Crippen MR) is 153 cm³/mol. The number of thioether (sulfide) groups is 1. The average molecular weight is 569 g/mol. The number of benzene rings is 2. The molecule has 0 atom stereocenters. The number of rotatable bonds is 8. The summed E-state index contributed by atoms with van der Waals surface area (Å²) in [6, 6.07) is 12.5. The minimum atomic E-state index is -3.56. The number of likely N-dealkylation sites (N-methyl/N-ethyl adjacent to an activating group) is 1. The topological polar surface area (TPSA) is 73.8 Å². The first-order chi connectivity index (χ1) is 16.8. The molecule has 1 aliphatic rings. The number of hydrogen-bond acceptors (Lipinski definition) is 7. The van der Waals surface area contributed by atoms with E-state index in [2.05, 4.69) is 6.07 Å². The van der Waals surface area contributed by atoms with E-state index in [9.17, 15) is 13.2 Å². The highest BCUT2D eigenvalue weighted by atomic mass is 35.5. The molecular formula is C25H33ClN4O3S3.